The van der Waals surface area contributed by atoms with Crippen LogP contribution in [0.5, 0.6) is 0 Å². The summed E-state index contributed by atoms with van der Waals surface area (Å²) in [5.74, 6) is -0.597. The fourth-order valence-electron chi connectivity index (χ4n) is 1.46. The van der Waals surface area contributed by atoms with Crippen LogP contribution in [0.3, 0.4) is 0 Å². The molecule has 2 N–H and O–H groups in total. The van der Waals surface area contributed by atoms with E-state index in [1.54, 1.807) is 0 Å². The zero-order chi connectivity index (χ0) is 15.2. The number of aliphatic hydroxyl groups excluding tert-OH is 1. The Morgan fingerprint density at radius 2 is 1.90 bits per heavy atom. The van der Waals surface area contributed by atoms with Crippen LogP contribution >= 0.6 is 0 Å². The van der Waals surface area contributed by atoms with Crippen molar-refractivity contribution in [3.8, 4) is 0 Å². The summed E-state index contributed by atoms with van der Waals surface area (Å²) in [7, 11) is -1.35. The molecule has 0 bridgehead atoms. The van der Waals surface area contributed by atoms with Crippen LogP contribution in [0.15, 0.2) is 24.3 Å². The molecule has 112 valence electrons. The van der Waals surface area contributed by atoms with Gasteiger partial charge in [-0.3, -0.25) is 9.00 Å². The number of carbonyl (C=O) groups is 1. The third kappa shape index (κ3) is 5.30. The molecule has 0 heterocycles. The molecule has 1 rings (SSSR count). The molecule has 1 unspecified atom stereocenters. The summed E-state index contributed by atoms with van der Waals surface area (Å²) >= 11 is 0. The third-order valence-corrected chi connectivity index (χ3v) is 3.68. The standard InChI is InChI=1S/C12H14F3NO3S/c13-12(14,15)9-3-1-2-4-10(9)16-11(18)5-7-20(19)8-6-17/h1-4,17H,5-8H2,(H,16,18). The summed E-state index contributed by atoms with van der Waals surface area (Å²) in [4.78, 5) is 11.5. The van der Waals surface area contributed by atoms with Crippen molar-refractivity contribution in [3.63, 3.8) is 0 Å². The summed E-state index contributed by atoms with van der Waals surface area (Å²) in [5, 5.41) is 10.7. The fraction of sp³-hybridized carbons (Fsp3) is 0.417. The van der Waals surface area contributed by atoms with Crippen molar-refractivity contribution >= 4 is 22.4 Å². The number of hydrogen-bond donors (Lipinski definition) is 2. The Bertz CT molecular complexity index is 491. The first-order valence-corrected chi connectivity index (χ1v) is 7.25. The van der Waals surface area contributed by atoms with Gasteiger partial charge in [0.2, 0.25) is 5.91 Å². The summed E-state index contributed by atoms with van der Waals surface area (Å²) in [6.07, 6.45) is -4.72. The minimum Gasteiger partial charge on any atom is -0.395 e. The van der Waals surface area contributed by atoms with Gasteiger partial charge in [-0.15, -0.1) is 0 Å². The molecule has 8 heteroatoms. The molecule has 1 amide bonds. The smallest absolute Gasteiger partial charge is 0.395 e. The monoisotopic (exact) mass is 309 g/mol. The van der Waals surface area contributed by atoms with E-state index in [1.807, 2.05) is 0 Å². The largest absolute Gasteiger partial charge is 0.418 e. The second-order valence-corrected chi connectivity index (χ2v) is 5.61. The van der Waals surface area contributed by atoms with E-state index in [9.17, 15) is 22.2 Å². The van der Waals surface area contributed by atoms with Gasteiger partial charge in [0.25, 0.3) is 0 Å². The van der Waals surface area contributed by atoms with Gasteiger partial charge in [0.05, 0.1) is 17.9 Å². The first kappa shape index (κ1) is 16.6. The van der Waals surface area contributed by atoms with Crippen LogP contribution in [0.25, 0.3) is 0 Å². The highest BCUT2D eigenvalue weighted by molar-refractivity contribution is 7.85. The summed E-state index contributed by atoms with van der Waals surface area (Å²) in [6.45, 7) is -0.259. The number of rotatable bonds is 6. The Labute approximate surface area is 116 Å². The van der Waals surface area contributed by atoms with Crippen LogP contribution in [0.1, 0.15) is 12.0 Å². The molecule has 20 heavy (non-hydrogen) atoms. The third-order valence-electron chi connectivity index (χ3n) is 2.38. The van der Waals surface area contributed by atoms with E-state index in [1.165, 1.54) is 12.1 Å². The molecule has 4 nitrogen and oxygen atoms in total. The average molecular weight is 309 g/mol. The van der Waals surface area contributed by atoms with Crippen LogP contribution in [0.4, 0.5) is 18.9 Å². The molecule has 1 aromatic carbocycles. The van der Waals surface area contributed by atoms with Crippen molar-refractivity contribution in [3.05, 3.63) is 29.8 Å². The molecule has 0 radical (unpaired) electrons. The highest BCUT2D eigenvalue weighted by atomic mass is 32.2. The number of para-hydroxylation sites is 1. The molecular formula is C12H14F3NO3S. The Morgan fingerprint density at radius 1 is 1.25 bits per heavy atom. The van der Waals surface area contributed by atoms with Gasteiger partial charge in [-0.25, -0.2) is 0 Å². The number of alkyl halides is 3. The molecule has 1 aromatic rings. The molecular weight excluding hydrogens is 295 g/mol. The lowest BCUT2D eigenvalue weighted by molar-refractivity contribution is -0.137. The molecule has 0 fully saturated rings. The van der Waals surface area contributed by atoms with Gasteiger partial charge in [-0.05, 0) is 12.1 Å². The maximum atomic E-state index is 12.7. The summed E-state index contributed by atoms with van der Waals surface area (Å²) in [6, 6.07) is 4.65. The van der Waals surface area contributed by atoms with Crippen LogP contribution in [0.2, 0.25) is 0 Å². The summed E-state index contributed by atoms with van der Waals surface area (Å²) in [5.41, 5.74) is -1.25. The van der Waals surface area contributed by atoms with E-state index in [-0.39, 0.29) is 30.2 Å². The minimum atomic E-state index is -4.55. The van der Waals surface area contributed by atoms with Gasteiger partial charge in [-0.1, -0.05) is 12.1 Å². The van der Waals surface area contributed by atoms with E-state index >= 15 is 0 Å². The average Bonchev–Trinajstić information content (AvgIpc) is 2.36. The molecule has 0 spiro atoms. The Hall–Kier alpha value is -1.41. The van der Waals surface area contributed by atoms with Crippen molar-refractivity contribution in [2.75, 3.05) is 23.4 Å². The maximum absolute atomic E-state index is 12.7. The predicted octanol–water partition coefficient (Wildman–Crippen LogP) is 1.77. The number of carbonyl (C=O) groups excluding carboxylic acids is 1. The lowest BCUT2D eigenvalue weighted by atomic mass is 10.1. The van der Waals surface area contributed by atoms with Crippen molar-refractivity contribution in [1.82, 2.24) is 0 Å². The Balaban J connectivity index is 2.65. The molecule has 0 aliphatic heterocycles. The quantitative estimate of drug-likeness (QED) is 0.842. The molecule has 0 aliphatic rings. The highest BCUT2D eigenvalue weighted by Crippen LogP contribution is 2.34. The van der Waals surface area contributed by atoms with Crippen molar-refractivity contribution in [2.24, 2.45) is 0 Å². The SMILES string of the molecule is O=C(CCS(=O)CCO)Nc1ccccc1C(F)(F)F. The van der Waals surface area contributed by atoms with E-state index in [4.69, 9.17) is 5.11 Å². The second kappa shape index (κ2) is 7.39. The van der Waals surface area contributed by atoms with Crippen molar-refractivity contribution < 1.29 is 27.3 Å². The maximum Gasteiger partial charge on any atom is 0.418 e. The second-order valence-electron chi connectivity index (χ2n) is 3.91. The Morgan fingerprint density at radius 3 is 2.50 bits per heavy atom. The van der Waals surface area contributed by atoms with Crippen LogP contribution in [-0.4, -0.2) is 33.3 Å². The van der Waals surface area contributed by atoms with Gasteiger partial charge >= 0.3 is 6.18 Å². The lowest BCUT2D eigenvalue weighted by Crippen LogP contribution is -2.19. The van der Waals surface area contributed by atoms with Gasteiger partial charge in [0.15, 0.2) is 0 Å². The van der Waals surface area contributed by atoms with E-state index in [0.29, 0.717) is 0 Å². The number of nitrogens with one attached hydrogen (secondary N) is 1. The number of halogens is 3. The highest BCUT2D eigenvalue weighted by Gasteiger charge is 2.33. The number of hydrogen-bond acceptors (Lipinski definition) is 3. The number of aliphatic hydroxyl groups is 1. The number of amides is 1. The van der Waals surface area contributed by atoms with Crippen molar-refractivity contribution in [1.29, 1.82) is 0 Å². The van der Waals surface area contributed by atoms with Gasteiger partial charge in [0.1, 0.15) is 0 Å². The zero-order valence-corrected chi connectivity index (χ0v) is 11.3. The summed E-state index contributed by atoms with van der Waals surface area (Å²) < 4.78 is 49.3. The zero-order valence-electron chi connectivity index (χ0n) is 10.4. The molecule has 1 atom stereocenters. The van der Waals surface area contributed by atoms with Crippen LogP contribution in [-0.2, 0) is 21.8 Å². The first-order valence-electron chi connectivity index (χ1n) is 5.76. The molecule has 0 saturated heterocycles. The van der Waals surface area contributed by atoms with E-state index in [2.05, 4.69) is 5.32 Å². The Kier molecular flexibility index (Phi) is 6.15. The van der Waals surface area contributed by atoms with Crippen molar-refractivity contribution in [2.45, 2.75) is 12.6 Å². The van der Waals surface area contributed by atoms with Gasteiger partial charge in [-0.2, -0.15) is 13.2 Å². The minimum absolute atomic E-state index is 0.000574. The normalized spacial score (nSPS) is 13.0. The lowest BCUT2D eigenvalue weighted by Gasteiger charge is -2.13. The fourth-order valence-corrected chi connectivity index (χ4v) is 2.28. The predicted molar refractivity (Wildman–Crippen MR) is 69.7 cm³/mol. The van der Waals surface area contributed by atoms with E-state index < -0.39 is 28.4 Å². The topological polar surface area (TPSA) is 66.4 Å². The molecule has 0 saturated carbocycles. The van der Waals surface area contributed by atoms with Gasteiger partial charge in [0, 0.05) is 28.7 Å². The number of anilines is 1. The van der Waals surface area contributed by atoms with Crippen LogP contribution < -0.4 is 5.32 Å². The molecule has 0 aliphatic carbocycles. The van der Waals surface area contributed by atoms with Gasteiger partial charge < -0.3 is 10.4 Å². The van der Waals surface area contributed by atoms with Crippen LogP contribution in [0, 0.1) is 0 Å². The molecule has 0 aromatic heterocycles. The number of benzene rings is 1. The van der Waals surface area contributed by atoms with E-state index in [0.717, 1.165) is 12.1 Å². The first-order chi connectivity index (χ1) is 9.34.